The molecule has 25 heavy (non-hydrogen) atoms. The number of carbonyl (C=O) groups excluding carboxylic acids is 1. The second-order valence-corrected chi connectivity index (χ2v) is 7.06. The molecule has 1 saturated heterocycles. The Kier molecular flexibility index (Phi) is 5.37. The van der Waals surface area contributed by atoms with Crippen LogP contribution in [0.4, 0.5) is 0 Å². The van der Waals surface area contributed by atoms with E-state index < -0.39 is 0 Å². The van der Waals surface area contributed by atoms with Crippen molar-refractivity contribution in [2.45, 2.75) is 39.7 Å². The van der Waals surface area contributed by atoms with Crippen molar-refractivity contribution in [2.24, 2.45) is 5.92 Å². The van der Waals surface area contributed by atoms with Crippen LogP contribution in [-0.4, -0.2) is 28.9 Å². The Labute approximate surface area is 149 Å². The Hall–Kier alpha value is -2.36. The van der Waals surface area contributed by atoms with Crippen molar-refractivity contribution in [1.82, 2.24) is 9.88 Å². The smallest absolute Gasteiger partial charge is 0.226 e. The van der Waals surface area contributed by atoms with Crippen LogP contribution in [0.3, 0.4) is 0 Å². The van der Waals surface area contributed by atoms with Crippen molar-refractivity contribution >= 4 is 5.91 Å². The maximum atomic E-state index is 12.7. The summed E-state index contributed by atoms with van der Waals surface area (Å²) in [5, 5.41) is 0. The molecule has 2 atom stereocenters. The zero-order valence-electron chi connectivity index (χ0n) is 15.2. The summed E-state index contributed by atoms with van der Waals surface area (Å²) in [6.07, 6.45) is 5.03. The summed E-state index contributed by atoms with van der Waals surface area (Å²) in [5.74, 6) is 1.52. The largest absolute Gasteiger partial charge is 0.493 e. The first-order valence-electron chi connectivity index (χ1n) is 8.94. The minimum atomic E-state index is 0.136. The molecule has 1 aromatic heterocycles. The van der Waals surface area contributed by atoms with E-state index in [4.69, 9.17) is 4.74 Å². The second-order valence-electron chi connectivity index (χ2n) is 7.06. The summed E-state index contributed by atoms with van der Waals surface area (Å²) in [5.41, 5.74) is 3.44. The van der Waals surface area contributed by atoms with Gasteiger partial charge in [-0.15, -0.1) is 0 Å². The molecule has 2 heterocycles. The van der Waals surface area contributed by atoms with Gasteiger partial charge in [0, 0.05) is 18.9 Å². The highest BCUT2D eigenvalue weighted by Gasteiger charge is 2.33. The predicted molar refractivity (Wildman–Crippen MR) is 98.5 cm³/mol. The highest BCUT2D eigenvalue weighted by molar-refractivity contribution is 5.77. The van der Waals surface area contributed by atoms with Crippen LogP contribution in [0.5, 0.6) is 5.75 Å². The van der Waals surface area contributed by atoms with Crippen molar-refractivity contribution in [3.63, 3.8) is 0 Å². The molecule has 1 fully saturated rings. The number of amides is 1. The SMILES string of the molecule is Cc1ccc(OCCC(=O)N2C[C@H](C)C[C@H]2c2cccnc2)c(C)c1. The fourth-order valence-electron chi connectivity index (χ4n) is 3.56. The van der Waals surface area contributed by atoms with E-state index in [9.17, 15) is 4.79 Å². The molecule has 0 radical (unpaired) electrons. The van der Waals surface area contributed by atoms with E-state index in [-0.39, 0.29) is 11.9 Å². The quantitative estimate of drug-likeness (QED) is 0.825. The number of likely N-dealkylation sites (tertiary alicyclic amines) is 1. The number of aryl methyl sites for hydroxylation is 2. The molecule has 2 aromatic rings. The van der Waals surface area contributed by atoms with E-state index in [0.717, 1.165) is 29.8 Å². The summed E-state index contributed by atoms with van der Waals surface area (Å²) in [6, 6.07) is 10.2. The molecule has 1 aromatic carbocycles. The Morgan fingerprint density at radius 1 is 1.32 bits per heavy atom. The minimum absolute atomic E-state index is 0.136. The maximum Gasteiger partial charge on any atom is 0.226 e. The van der Waals surface area contributed by atoms with Crippen molar-refractivity contribution in [1.29, 1.82) is 0 Å². The van der Waals surface area contributed by atoms with E-state index in [1.165, 1.54) is 5.56 Å². The molecule has 0 spiro atoms. The van der Waals surface area contributed by atoms with Gasteiger partial charge in [0.15, 0.2) is 0 Å². The van der Waals surface area contributed by atoms with Gasteiger partial charge in [-0.1, -0.05) is 30.7 Å². The first-order valence-corrected chi connectivity index (χ1v) is 8.94. The Bertz CT molecular complexity index is 730. The van der Waals surface area contributed by atoms with Crippen LogP contribution in [0.25, 0.3) is 0 Å². The zero-order chi connectivity index (χ0) is 17.8. The molecular formula is C21H26N2O2. The van der Waals surface area contributed by atoms with Crippen LogP contribution < -0.4 is 4.74 Å². The molecule has 1 aliphatic rings. The second kappa shape index (κ2) is 7.68. The van der Waals surface area contributed by atoms with Gasteiger partial charge in [0.1, 0.15) is 5.75 Å². The van der Waals surface area contributed by atoms with Gasteiger partial charge < -0.3 is 9.64 Å². The molecule has 132 valence electrons. The minimum Gasteiger partial charge on any atom is -0.493 e. The van der Waals surface area contributed by atoms with E-state index in [0.29, 0.717) is 18.9 Å². The molecule has 0 bridgehead atoms. The van der Waals surface area contributed by atoms with Gasteiger partial charge in [-0.25, -0.2) is 0 Å². The Balaban J connectivity index is 1.60. The van der Waals surface area contributed by atoms with Gasteiger partial charge in [-0.05, 0) is 49.4 Å². The molecule has 1 amide bonds. The van der Waals surface area contributed by atoms with Gasteiger partial charge in [0.25, 0.3) is 0 Å². The van der Waals surface area contributed by atoms with Crippen LogP contribution >= 0.6 is 0 Å². The molecule has 0 aliphatic carbocycles. The summed E-state index contributed by atoms with van der Waals surface area (Å²) >= 11 is 0. The Morgan fingerprint density at radius 2 is 2.16 bits per heavy atom. The third-order valence-electron chi connectivity index (χ3n) is 4.80. The number of aromatic nitrogens is 1. The lowest BCUT2D eigenvalue weighted by molar-refractivity contribution is -0.132. The van der Waals surface area contributed by atoms with Crippen LogP contribution in [0.2, 0.25) is 0 Å². The molecule has 4 nitrogen and oxygen atoms in total. The van der Waals surface area contributed by atoms with Crippen molar-refractivity contribution in [3.05, 3.63) is 59.4 Å². The third kappa shape index (κ3) is 4.19. The first-order chi connectivity index (χ1) is 12.0. The molecule has 0 unspecified atom stereocenters. The number of ether oxygens (including phenoxy) is 1. The van der Waals surface area contributed by atoms with Gasteiger partial charge in [-0.3, -0.25) is 9.78 Å². The molecule has 3 rings (SSSR count). The topological polar surface area (TPSA) is 42.4 Å². The highest BCUT2D eigenvalue weighted by atomic mass is 16.5. The first kappa shape index (κ1) is 17.5. The lowest BCUT2D eigenvalue weighted by Gasteiger charge is -2.25. The van der Waals surface area contributed by atoms with Gasteiger partial charge in [0.2, 0.25) is 5.91 Å². The molecule has 0 saturated carbocycles. The van der Waals surface area contributed by atoms with Crippen LogP contribution in [0.15, 0.2) is 42.7 Å². The molecule has 0 N–H and O–H groups in total. The Morgan fingerprint density at radius 3 is 2.88 bits per heavy atom. The van der Waals surface area contributed by atoms with Crippen LogP contribution in [-0.2, 0) is 4.79 Å². The summed E-state index contributed by atoms with van der Waals surface area (Å²) in [7, 11) is 0. The lowest BCUT2D eigenvalue weighted by Crippen LogP contribution is -2.32. The van der Waals surface area contributed by atoms with E-state index in [2.05, 4.69) is 31.0 Å². The number of nitrogens with zero attached hydrogens (tertiary/aromatic N) is 2. The normalized spacial score (nSPS) is 19.9. The van der Waals surface area contributed by atoms with E-state index in [1.807, 2.05) is 36.2 Å². The highest BCUT2D eigenvalue weighted by Crippen LogP contribution is 2.35. The summed E-state index contributed by atoms with van der Waals surface area (Å²) < 4.78 is 5.83. The number of carbonyl (C=O) groups is 1. The fourth-order valence-corrected chi connectivity index (χ4v) is 3.56. The van der Waals surface area contributed by atoms with E-state index >= 15 is 0 Å². The lowest BCUT2D eigenvalue weighted by atomic mass is 10.0. The fraction of sp³-hybridized carbons (Fsp3) is 0.429. The third-order valence-corrected chi connectivity index (χ3v) is 4.80. The number of rotatable bonds is 5. The number of hydrogen-bond donors (Lipinski definition) is 0. The summed E-state index contributed by atoms with van der Waals surface area (Å²) in [6.45, 7) is 7.51. The average Bonchev–Trinajstić information content (AvgIpc) is 2.99. The number of pyridine rings is 1. The maximum absolute atomic E-state index is 12.7. The van der Waals surface area contributed by atoms with Gasteiger partial charge in [-0.2, -0.15) is 0 Å². The van der Waals surface area contributed by atoms with Crippen LogP contribution in [0.1, 0.15) is 42.5 Å². The van der Waals surface area contributed by atoms with E-state index in [1.54, 1.807) is 6.20 Å². The predicted octanol–water partition coefficient (Wildman–Crippen LogP) is 4.08. The van der Waals surface area contributed by atoms with Crippen molar-refractivity contribution < 1.29 is 9.53 Å². The molecule has 1 aliphatic heterocycles. The van der Waals surface area contributed by atoms with Gasteiger partial charge >= 0.3 is 0 Å². The number of benzene rings is 1. The summed E-state index contributed by atoms with van der Waals surface area (Å²) in [4.78, 5) is 18.9. The van der Waals surface area contributed by atoms with Crippen LogP contribution in [0, 0.1) is 19.8 Å². The van der Waals surface area contributed by atoms with Crippen molar-refractivity contribution in [3.8, 4) is 5.75 Å². The zero-order valence-corrected chi connectivity index (χ0v) is 15.2. The monoisotopic (exact) mass is 338 g/mol. The standard InChI is InChI=1S/C21H26N2O2/c1-15-6-7-20(17(3)11-15)25-10-8-21(24)23-14-16(2)12-19(23)18-5-4-9-22-13-18/h4-7,9,11,13,16,19H,8,10,12,14H2,1-3H3/t16-,19+/m1/s1. The molecular weight excluding hydrogens is 312 g/mol. The van der Waals surface area contributed by atoms with Gasteiger partial charge in [0.05, 0.1) is 19.1 Å². The van der Waals surface area contributed by atoms with Crippen molar-refractivity contribution in [2.75, 3.05) is 13.2 Å². The average molecular weight is 338 g/mol. The molecule has 4 heteroatoms. The number of hydrogen-bond acceptors (Lipinski definition) is 3.